The summed E-state index contributed by atoms with van der Waals surface area (Å²) in [6.07, 6.45) is 2.18. The van der Waals surface area contributed by atoms with Crippen molar-refractivity contribution in [2.24, 2.45) is 0 Å². The maximum absolute atomic E-state index is 11.4. The Morgan fingerprint density at radius 1 is 0.875 bits per heavy atom. The summed E-state index contributed by atoms with van der Waals surface area (Å²) in [4.78, 5) is 22.7. The van der Waals surface area contributed by atoms with Crippen LogP contribution in [0.15, 0.2) is 48.5 Å². The van der Waals surface area contributed by atoms with Crippen LogP contribution >= 0.6 is 0 Å². The highest BCUT2D eigenvalue weighted by Crippen LogP contribution is 2.26. The van der Waals surface area contributed by atoms with Crippen LogP contribution in [0.3, 0.4) is 0 Å². The second kappa shape index (κ2) is 14.9. The first kappa shape index (κ1) is 18.5. The Labute approximate surface area is 201 Å². The summed E-state index contributed by atoms with van der Waals surface area (Å²) in [5.41, 5.74) is 2.16. The van der Waals surface area contributed by atoms with E-state index in [9.17, 15) is 9.59 Å². The van der Waals surface area contributed by atoms with Crippen molar-refractivity contribution in [2.45, 2.75) is 65.2 Å². The van der Waals surface area contributed by atoms with E-state index in [2.05, 4.69) is 27.7 Å². The number of ether oxygens (including phenoxy) is 2. The highest BCUT2D eigenvalue weighted by Gasteiger charge is 2.09. The zero-order valence-corrected chi connectivity index (χ0v) is 19.2. The predicted octanol–water partition coefficient (Wildman–Crippen LogP) is 6.62. The van der Waals surface area contributed by atoms with E-state index in [-0.39, 0.29) is 0 Å². The number of benzene rings is 2. The van der Waals surface area contributed by atoms with E-state index in [1.165, 1.54) is 0 Å². The molecule has 1 atom stereocenters. The van der Waals surface area contributed by atoms with Gasteiger partial charge in [-0.25, -0.2) is 9.59 Å². The van der Waals surface area contributed by atoms with Crippen LogP contribution in [0.4, 0.5) is 9.59 Å². The molecule has 0 aromatic heterocycles. The first-order chi connectivity index (χ1) is 17.7. The molecule has 2 aromatic rings. The number of hydrogen-bond donors (Lipinski definition) is 2. The third-order valence-corrected chi connectivity index (χ3v) is 5.09. The molecule has 2 amide bonds. The minimum atomic E-state index is -2.54. The zero-order valence-electron chi connectivity index (χ0n) is 25.2. The van der Waals surface area contributed by atoms with Crippen LogP contribution in [0.2, 0.25) is 0 Å². The number of nitrogens with one attached hydrogen (secondary N) is 2. The molecule has 0 aliphatic carbocycles. The molecule has 0 saturated heterocycles. The Balaban J connectivity index is 0.000000380. The van der Waals surface area contributed by atoms with Gasteiger partial charge in [-0.1, -0.05) is 58.4 Å². The summed E-state index contributed by atoms with van der Waals surface area (Å²) >= 11 is 0. The first-order valence-electron chi connectivity index (χ1n) is 13.9. The van der Waals surface area contributed by atoms with Gasteiger partial charge in [0.25, 0.3) is 0 Å². The topological polar surface area (TPSA) is 76.7 Å². The van der Waals surface area contributed by atoms with Crippen molar-refractivity contribution < 1.29 is 27.3 Å². The molecular formula is C26H38N2O4. The minimum Gasteiger partial charge on any atom is -0.410 e. The molecule has 2 N–H and O–H groups in total. The van der Waals surface area contributed by atoms with Gasteiger partial charge in [0.1, 0.15) is 11.5 Å². The Kier molecular flexibility index (Phi) is 8.63. The van der Waals surface area contributed by atoms with Crippen LogP contribution in [-0.2, 0) is 0 Å². The molecule has 0 saturated carbocycles. The highest BCUT2D eigenvalue weighted by molar-refractivity contribution is 5.70. The van der Waals surface area contributed by atoms with Gasteiger partial charge < -0.3 is 20.1 Å². The van der Waals surface area contributed by atoms with Crippen molar-refractivity contribution >= 4 is 12.2 Å². The van der Waals surface area contributed by atoms with Gasteiger partial charge in [0, 0.05) is 22.2 Å². The molecule has 0 fully saturated rings. The van der Waals surface area contributed by atoms with Gasteiger partial charge in [0.15, 0.2) is 0 Å². The molecule has 1 unspecified atom stereocenters. The van der Waals surface area contributed by atoms with Crippen LogP contribution in [0.25, 0.3) is 0 Å². The van der Waals surface area contributed by atoms with Crippen molar-refractivity contribution in [3.63, 3.8) is 0 Å². The van der Waals surface area contributed by atoms with E-state index < -0.39 is 26.1 Å². The van der Waals surface area contributed by atoms with Gasteiger partial charge in [-0.15, -0.1) is 0 Å². The van der Waals surface area contributed by atoms with Gasteiger partial charge in [-0.3, -0.25) is 0 Å². The molecule has 0 aliphatic heterocycles. The summed E-state index contributed by atoms with van der Waals surface area (Å²) < 4.78 is 51.4. The molecule has 0 aliphatic rings. The molecule has 0 heterocycles. The largest absolute Gasteiger partial charge is 0.412 e. The summed E-state index contributed by atoms with van der Waals surface area (Å²) in [5.74, 6) is 1.49. The van der Waals surface area contributed by atoms with E-state index in [1.807, 2.05) is 12.1 Å². The lowest BCUT2D eigenvalue weighted by molar-refractivity contribution is 0.202. The molecule has 6 nitrogen and oxygen atoms in total. The summed E-state index contributed by atoms with van der Waals surface area (Å²) in [6.45, 7) is 3.34. The van der Waals surface area contributed by atoms with Gasteiger partial charge in [-0.2, -0.15) is 0 Å². The summed E-state index contributed by atoms with van der Waals surface area (Å²) in [6, 6.07) is 14.3. The van der Waals surface area contributed by atoms with E-state index in [1.54, 1.807) is 47.0 Å². The second-order valence-corrected chi connectivity index (χ2v) is 7.38. The number of rotatable bonds is 8. The highest BCUT2D eigenvalue weighted by atomic mass is 16.6. The number of amides is 2. The number of carbonyl (C=O) groups is 2. The van der Waals surface area contributed by atoms with Crippen molar-refractivity contribution in [3.05, 3.63) is 59.7 Å². The van der Waals surface area contributed by atoms with Crippen LogP contribution in [-0.4, -0.2) is 26.1 Å². The van der Waals surface area contributed by atoms with Crippen LogP contribution in [0.5, 0.6) is 11.5 Å². The average molecular weight is 449 g/mol. The molecule has 2 aromatic carbocycles. The van der Waals surface area contributed by atoms with E-state index in [0.717, 1.165) is 36.8 Å². The Morgan fingerprint density at radius 3 is 1.84 bits per heavy atom. The summed E-state index contributed by atoms with van der Waals surface area (Å²) in [5, 5.41) is 3.56. The lowest BCUT2D eigenvalue weighted by atomic mass is 9.94. The van der Waals surface area contributed by atoms with Crippen LogP contribution in [0.1, 0.15) is 84.6 Å². The summed E-state index contributed by atoms with van der Waals surface area (Å²) in [7, 11) is 0. The lowest BCUT2D eigenvalue weighted by Gasteiger charge is -2.13. The number of carbonyl (C=O) groups excluding carboxylic acids is 2. The molecule has 0 radical (unpaired) electrons. The fraction of sp³-hybridized carbons (Fsp3) is 0.462. The SMILES string of the molecule is [2H]C([2H])([2H])NC(=O)Oc1cccc(C(C)CCC)c1.[2H]C([2H])([2H])NC(=O)Oc1cccc(C(CC)CC)c1. The first-order valence-corrected chi connectivity index (χ1v) is 10.9. The normalized spacial score (nSPS) is 14.7. The zero-order chi connectivity index (χ0) is 28.9. The smallest absolute Gasteiger partial charge is 0.410 e. The van der Waals surface area contributed by atoms with Crippen molar-refractivity contribution in [3.8, 4) is 11.5 Å². The van der Waals surface area contributed by atoms with Crippen LogP contribution < -0.4 is 20.1 Å². The predicted molar refractivity (Wildman–Crippen MR) is 130 cm³/mol. The minimum absolute atomic E-state index is 0.349. The molecule has 32 heavy (non-hydrogen) atoms. The third kappa shape index (κ3) is 9.41. The monoisotopic (exact) mass is 448 g/mol. The van der Waals surface area contributed by atoms with E-state index >= 15 is 0 Å². The maximum Gasteiger partial charge on any atom is 0.412 e. The average Bonchev–Trinajstić information content (AvgIpc) is 2.78. The third-order valence-electron chi connectivity index (χ3n) is 5.09. The molecular weight excluding hydrogens is 404 g/mol. The standard InChI is InChI=1S/2C13H19NO2/c1-4-6-10(2)11-7-5-8-12(9-11)16-13(15)14-3;1-4-10(5-2)11-7-6-8-12(9-11)16-13(15)14-3/h5,7-10H,4,6H2,1-3H3,(H,14,15);6-10H,4-5H2,1-3H3,(H,14,15)/i2*3D3. The fourth-order valence-electron chi connectivity index (χ4n) is 3.34. The number of hydrogen-bond acceptors (Lipinski definition) is 4. The van der Waals surface area contributed by atoms with Crippen molar-refractivity contribution in [1.29, 1.82) is 0 Å². The Hall–Kier alpha value is -3.02. The van der Waals surface area contributed by atoms with E-state index in [4.69, 9.17) is 17.7 Å². The van der Waals surface area contributed by atoms with E-state index in [0.29, 0.717) is 23.3 Å². The quantitative estimate of drug-likeness (QED) is 0.476. The van der Waals surface area contributed by atoms with Gasteiger partial charge >= 0.3 is 12.2 Å². The van der Waals surface area contributed by atoms with Gasteiger partial charge in [-0.05, 0) is 66.5 Å². The van der Waals surface area contributed by atoms with Gasteiger partial charge in [0.05, 0.1) is 0 Å². The molecule has 176 valence electrons. The maximum atomic E-state index is 11.4. The molecule has 0 bridgehead atoms. The lowest BCUT2D eigenvalue weighted by Crippen LogP contribution is -2.22. The van der Waals surface area contributed by atoms with Gasteiger partial charge in [0.2, 0.25) is 0 Å². The molecule has 6 heteroatoms. The second-order valence-electron chi connectivity index (χ2n) is 7.38. The Morgan fingerprint density at radius 2 is 1.38 bits per heavy atom. The van der Waals surface area contributed by atoms with Crippen LogP contribution in [0, 0.1) is 0 Å². The fourth-order valence-corrected chi connectivity index (χ4v) is 3.34. The molecule has 0 spiro atoms. The Bertz CT molecular complexity index is 1020. The van der Waals surface area contributed by atoms with Crippen molar-refractivity contribution in [2.75, 3.05) is 14.0 Å². The molecule has 2 rings (SSSR count). The van der Waals surface area contributed by atoms with Crippen molar-refractivity contribution in [1.82, 2.24) is 10.6 Å².